The van der Waals surface area contributed by atoms with Gasteiger partial charge in [0.25, 0.3) is 5.91 Å². The summed E-state index contributed by atoms with van der Waals surface area (Å²) in [4.78, 5) is 28.6. The van der Waals surface area contributed by atoms with Crippen LogP contribution in [-0.4, -0.2) is 64.6 Å². The van der Waals surface area contributed by atoms with Crippen LogP contribution in [0, 0.1) is 0 Å². The van der Waals surface area contributed by atoms with Crippen LogP contribution in [0.15, 0.2) is 29.9 Å². The van der Waals surface area contributed by atoms with E-state index < -0.39 is 0 Å². The third kappa shape index (κ3) is 5.68. The van der Waals surface area contributed by atoms with Crippen LogP contribution in [0.2, 0.25) is 0 Å². The average molecular weight is 363 g/mol. The molecule has 0 saturated heterocycles. The lowest BCUT2D eigenvalue weighted by Crippen LogP contribution is -2.34. The fourth-order valence-electron chi connectivity index (χ4n) is 2.41. The van der Waals surface area contributed by atoms with E-state index >= 15 is 0 Å². The predicted molar refractivity (Wildman–Crippen MR) is 99.9 cm³/mol. The van der Waals surface area contributed by atoms with Crippen molar-refractivity contribution in [2.45, 2.75) is 20.4 Å². The zero-order valence-electron chi connectivity index (χ0n) is 14.9. The quantitative estimate of drug-likeness (QED) is 0.740. The average Bonchev–Trinajstić information content (AvgIpc) is 3.27. The lowest BCUT2D eigenvalue weighted by molar-refractivity contribution is -0.116. The van der Waals surface area contributed by atoms with Gasteiger partial charge in [-0.3, -0.25) is 14.3 Å². The van der Waals surface area contributed by atoms with E-state index in [4.69, 9.17) is 0 Å². The summed E-state index contributed by atoms with van der Waals surface area (Å²) in [5.74, 6) is -0.393. The Bertz CT molecular complexity index is 679. The highest BCUT2D eigenvalue weighted by Gasteiger charge is 2.16. The zero-order valence-corrected chi connectivity index (χ0v) is 15.8. The normalized spacial score (nSPS) is 10.9. The molecule has 0 aliphatic rings. The molecular formula is C17H25N5O2S. The summed E-state index contributed by atoms with van der Waals surface area (Å²) in [5.41, 5.74) is 0.640. The molecule has 2 aromatic heterocycles. The van der Waals surface area contributed by atoms with Gasteiger partial charge >= 0.3 is 0 Å². The molecule has 0 radical (unpaired) electrons. The topological polar surface area (TPSA) is 70.5 Å². The number of thiophene rings is 1. The highest BCUT2D eigenvalue weighted by Crippen LogP contribution is 2.11. The first kappa shape index (κ1) is 19.1. The molecule has 7 nitrogen and oxygen atoms in total. The van der Waals surface area contributed by atoms with Crippen molar-refractivity contribution < 1.29 is 9.59 Å². The molecule has 8 heteroatoms. The first-order valence-electron chi connectivity index (χ1n) is 8.37. The molecule has 0 fully saturated rings. The molecule has 136 valence electrons. The predicted octanol–water partition coefficient (Wildman–Crippen LogP) is 2.00. The number of hydrogen-bond acceptors (Lipinski definition) is 5. The van der Waals surface area contributed by atoms with Crippen LogP contribution in [-0.2, 0) is 11.3 Å². The van der Waals surface area contributed by atoms with E-state index in [0.717, 1.165) is 26.2 Å². The molecule has 0 saturated carbocycles. The van der Waals surface area contributed by atoms with Gasteiger partial charge in [0.2, 0.25) is 5.91 Å². The monoisotopic (exact) mass is 363 g/mol. The summed E-state index contributed by atoms with van der Waals surface area (Å²) < 4.78 is 1.81. The van der Waals surface area contributed by atoms with E-state index in [0.29, 0.717) is 10.6 Å². The summed E-state index contributed by atoms with van der Waals surface area (Å²) in [7, 11) is 1.62. The van der Waals surface area contributed by atoms with Crippen molar-refractivity contribution in [3.05, 3.63) is 34.8 Å². The van der Waals surface area contributed by atoms with Gasteiger partial charge in [-0.25, -0.2) is 0 Å². The molecule has 2 amide bonds. The molecule has 2 aromatic rings. The number of amides is 2. The molecule has 0 unspecified atom stereocenters. The number of nitrogens with one attached hydrogen (secondary N) is 1. The lowest BCUT2D eigenvalue weighted by Gasteiger charge is -2.17. The second kappa shape index (κ2) is 9.33. The first-order valence-corrected chi connectivity index (χ1v) is 9.25. The lowest BCUT2D eigenvalue weighted by atomic mass is 10.4. The van der Waals surface area contributed by atoms with Gasteiger partial charge in [0, 0.05) is 19.8 Å². The van der Waals surface area contributed by atoms with E-state index in [2.05, 4.69) is 29.2 Å². The molecule has 0 aliphatic carbocycles. The Balaban J connectivity index is 1.81. The van der Waals surface area contributed by atoms with Crippen LogP contribution in [0.3, 0.4) is 0 Å². The van der Waals surface area contributed by atoms with Crippen LogP contribution in [0.4, 0.5) is 5.69 Å². The Morgan fingerprint density at radius 1 is 1.32 bits per heavy atom. The summed E-state index contributed by atoms with van der Waals surface area (Å²) in [5, 5.41) is 8.88. The standard InChI is InChI=1S/C17H25N5O2S/c1-4-21(5-2)8-9-22-12-14(11-18-22)19-16(23)13-20(3)17(24)15-7-6-10-25-15/h6-7,10-12H,4-5,8-9,13H2,1-3H3,(H,19,23). The maximum absolute atomic E-state index is 12.1. The third-order valence-electron chi connectivity index (χ3n) is 3.92. The van der Waals surface area contributed by atoms with E-state index in [9.17, 15) is 9.59 Å². The molecule has 25 heavy (non-hydrogen) atoms. The van der Waals surface area contributed by atoms with Gasteiger partial charge in [-0.15, -0.1) is 11.3 Å². The molecule has 0 atom stereocenters. The van der Waals surface area contributed by atoms with Crippen molar-refractivity contribution >= 4 is 28.8 Å². The number of carbonyl (C=O) groups excluding carboxylic acids is 2. The number of carbonyl (C=O) groups is 2. The molecule has 0 aromatic carbocycles. The van der Waals surface area contributed by atoms with E-state index in [1.165, 1.54) is 16.2 Å². The summed E-state index contributed by atoms with van der Waals surface area (Å²) in [6, 6.07) is 3.57. The number of hydrogen-bond donors (Lipinski definition) is 1. The van der Waals surface area contributed by atoms with E-state index in [1.54, 1.807) is 19.3 Å². The minimum absolute atomic E-state index is 0.00135. The molecular weight excluding hydrogens is 338 g/mol. The summed E-state index contributed by atoms with van der Waals surface area (Å²) in [6.07, 6.45) is 3.43. The fourth-order valence-corrected chi connectivity index (χ4v) is 3.13. The van der Waals surface area contributed by atoms with Crippen molar-refractivity contribution in [2.75, 3.05) is 38.5 Å². The summed E-state index contributed by atoms with van der Waals surface area (Å²) in [6.45, 7) is 7.96. The Morgan fingerprint density at radius 2 is 2.08 bits per heavy atom. The van der Waals surface area contributed by atoms with E-state index in [1.807, 2.05) is 22.3 Å². The van der Waals surface area contributed by atoms with Crippen molar-refractivity contribution in [1.29, 1.82) is 0 Å². The number of aromatic nitrogens is 2. The van der Waals surface area contributed by atoms with Crippen LogP contribution >= 0.6 is 11.3 Å². The molecule has 1 N–H and O–H groups in total. The van der Waals surface area contributed by atoms with E-state index in [-0.39, 0.29) is 18.4 Å². The minimum atomic E-state index is -0.240. The molecule has 0 bridgehead atoms. The highest BCUT2D eigenvalue weighted by molar-refractivity contribution is 7.12. The molecule has 0 aliphatic heterocycles. The zero-order chi connectivity index (χ0) is 18.2. The van der Waals surface area contributed by atoms with Crippen molar-refractivity contribution in [3.8, 4) is 0 Å². The number of anilines is 1. The number of rotatable bonds is 9. The smallest absolute Gasteiger partial charge is 0.264 e. The van der Waals surface area contributed by atoms with Crippen LogP contribution < -0.4 is 5.32 Å². The van der Waals surface area contributed by atoms with Crippen molar-refractivity contribution in [2.24, 2.45) is 0 Å². The van der Waals surface area contributed by atoms with Crippen molar-refractivity contribution in [1.82, 2.24) is 19.6 Å². The Kier molecular flexibility index (Phi) is 7.15. The molecule has 2 rings (SSSR count). The highest BCUT2D eigenvalue weighted by atomic mass is 32.1. The SMILES string of the molecule is CCN(CC)CCn1cc(NC(=O)CN(C)C(=O)c2cccs2)cn1. The first-order chi connectivity index (χ1) is 12.0. The largest absolute Gasteiger partial charge is 0.332 e. The molecule has 2 heterocycles. The van der Waals surface area contributed by atoms with Crippen LogP contribution in [0.1, 0.15) is 23.5 Å². The Morgan fingerprint density at radius 3 is 2.72 bits per heavy atom. The van der Waals surface area contributed by atoms with Gasteiger partial charge < -0.3 is 15.1 Å². The van der Waals surface area contributed by atoms with Gasteiger partial charge in [-0.2, -0.15) is 5.10 Å². The Hall–Kier alpha value is -2.19. The second-order valence-electron chi connectivity index (χ2n) is 5.71. The van der Waals surface area contributed by atoms with Gasteiger partial charge in [-0.05, 0) is 24.5 Å². The van der Waals surface area contributed by atoms with Crippen LogP contribution in [0.5, 0.6) is 0 Å². The number of nitrogens with zero attached hydrogens (tertiary/aromatic N) is 4. The van der Waals surface area contributed by atoms with Gasteiger partial charge in [0.1, 0.15) is 0 Å². The van der Waals surface area contributed by atoms with Gasteiger partial charge in [0.15, 0.2) is 0 Å². The van der Waals surface area contributed by atoms with Gasteiger partial charge in [0.05, 0.1) is 29.9 Å². The second-order valence-corrected chi connectivity index (χ2v) is 6.65. The minimum Gasteiger partial charge on any atom is -0.332 e. The number of likely N-dealkylation sites (N-methyl/N-ethyl adjacent to an activating group) is 2. The third-order valence-corrected chi connectivity index (χ3v) is 4.77. The van der Waals surface area contributed by atoms with Crippen LogP contribution in [0.25, 0.3) is 0 Å². The van der Waals surface area contributed by atoms with Crippen molar-refractivity contribution in [3.63, 3.8) is 0 Å². The Labute approximate surface area is 152 Å². The maximum atomic E-state index is 12.1. The fraction of sp³-hybridized carbons (Fsp3) is 0.471. The summed E-state index contributed by atoms with van der Waals surface area (Å²) >= 11 is 1.36. The maximum Gasteiger partial charge on any atom is 0.264 e. The molecule has 0 spiro atoms. The van der Waals surface area contributed by atoms with Gasteiger partial charge in [-0.1, -0.05) is 19.9 Å².